The normalized spacial score (nSPS) is 43.0. The van der Waals surface area contributed by atoms with E-state index < -0.39 is 24.4 Å². The van der Waals surface area contributed by atoms with Crippen LogP contribution in [0.15, 0.2) is 0 Å². The predicted octanol–water partition coefficient (Wildman–Crippen LogP) is -1.89. The van der Waals surface area contributed by atoms with Gasteiger partial charge in [-0.3, -0.25) is 0 Å². The second-order valence-electron chi connectivity index (χ2n) is 2.81. The van der Waals surface area contributed by atoms with Crippen LogP contribution in [0, 0.1) is 0 Å². The van der Waals surface area contributed by atoms with Crippen molar-refractivity contribution in [3.63, 3.8) is 0 Å². The summed E-state index contributed by atoms with van der Waals surface area (Å²) in [6.07, 6.45) is -3.27. The number of aliphatic hydroxyl groups excluding tert-OH is 3. The summed E-state index contributed by atoms with van der Waals surface area (Å²) in [7, 11) is 1.43. The van der Waals surface area contributed by atoms with Crippen molar-refractivity contribution in [3.05, 3.63) is 0 Å². The van der Waals surface area contributed by atoms with E-state index in [1.54, 1.807) is 0 Å². The molecule has 0 aromatic heterocycles. The van der Waals surface area contributed by atoms with Crippen LogP contribution >= 0.6 is 0 Å². The van der Waals surface area contributed by atoms with Crippen molar-refractivity contribution in [1.82, 2.24) is 0 Å². The quantitative estimate of drug-likeness (QED) is 0.461. The van der Waals surface area contributed by atoms with Crippen LogP contribution in [-0.2, 0) is 9.47 Å². The molecule has 0 saturated carbocycles. The summed E-state index contributed by atoms with van der Waals surface area (Å²) in [4.78, 5) is 0. The Morgan fingerprint density at radius 2 is 2.08 bits per heavy atom. The predicted molar refractivity (Wildman–Crippen MR) is 39.6 cm³/mol. The van der Waals surface area contributed by atoms with Crippen LogP contribution in [0.3, 0.4) is 0 Å². The molecule has 0 spiro atoms. The molecule has 1 rings (SSSR count). The van der Waals surface area contributed by atoms with Gasteiger partial charge in [0, 0.05) is 7.11 Å². The van der Waals surface area contributed by atoms with Gasteiger partial charge in [0.25, 0.3) is 0 Å². The van der Waals surface area contributed by atoms with E-state index in [2.05, 4.69) is 0 Å². The fraction of sp³-hybridized carbons (Fsp3) is 1.00. The molecule has 0 aromatic carbocycles. The summed E-state index contributed by atoms with van der Waals surface area (Å²) >= 11 is 0. The van der Waals surface area contributed by atoms with E-state index in [-0.39, 0.29) is 13.2 Å². The lowest BCUT2D eigenvalue weighted by atomic mass is 10.0. The van der Waals surface area contributed by atoms with Gasteiger partial charge in [-0.25, -0.2) is 0 Å². The largest absolute Gasteiger partial charge is 0.394 e. The Morgan fingerprint density at radius 3 is 2.58 bits per heavy atom. The molecular weight excluding hydrogens is 164 g/mol. The molecule has 0 aliphatic carbocycles. The Labute approximate surface area is 70.5 Å². The Morgan fingerprint density at radius 1 is 1.42 bits per heavy atom. The minimum absolute atomic E-state index is 0.194. The van der Waals surface area contributed by atoms with Gasteiger partial charge in [-0.15, -0.1) is 0 Å². The van der Waals surface area contributed by atoms with Crippen molar-refractivity contribution in [2.24, 2.45) is 0 Å². The van der Waals surface area contributed by atoms with Gasteiger partial charge in [-0.05, 0) is 0 Å². The van der Waals surface area contributed by atoms with Gasteiger partial charge in [0.05, 0.1) is 13.2 Å². The molecule has 12 heavy (non-hydrogen) atoms. The molecule has 5 heteroatoms. The third-order valence-corrected chi connectivity index (χ3v) is 2.07. The first-order valence-corrected chi connectivity index (χ1v) is 3.82. The van der Waals surface area contributed by atoms with Crippen LogP contribution in [0.1, 0.15) is 0 Å². The first-order valence-electron chi connectivity index (χ1n) is 3.82. The van der Waals surface area contributed by atoms with E-state index >= 15 is 0 Å². The summed E-state index contributed by atoms with van der Waals surface area (Å²) in [5.41, 5.74) is 0. The van der Waals surface area contributed by atoms with Crippen LogP contribution in [0.4, 0.5) is 0 Å². The molecule has 0 bridgehead atoms. The Kier molecular flexibility index (Phi) is 3.42. The van der Waals surface area contributed by atoms with Crippen molar-refractivity contribution < 1.29 is 24.8 Å². The Hall–Kier alpha value is -0.200. The Balaban J connectivity index is 2.52. The third kappa shape index (κ3) is 1.75. The molecule has 4 atom stereocenters. The summed E-state index contributed by atoms with van der Waals surface area (Å²) in [6.45, 7) is -0.103. The lowest BCUT2D eigenvalue weighted by Crippen LogP contribution is -2.54. The van der Waals surface area contributed by atoms with Gasteiger partial charge in [-0.2, -0.15) is 0 Å². The highest BCUT2D eigenvalue weighted by atomic mass is 16.6. The monoisotopic (exact) mass is 178 g/mol. The van der Waals surface area contributed by atoms with Crippen molar-refractivity contribution in [3.8, 4) is 0 Å². The van der Waals surface area contributed by atoms with Crippen LogP contribution in [0.2, 0.25) is 0 Å². The number of rotatable bonds is 2. The summed E-state index contributed by atoms with van der Waals surface area (Å²) < 4.78 is 9.88. The van der Waals surface area contributed by atoms with Crippen molar-refractivity contribution in [2.45, 2.75) is 24.4 Å². The van der Waals surface area contributed by atoms with Crippen molar-refractivity contribution >= 4 is 0 Å². The highest BCUT2D eigenvalue weighted by molar-refractivity contribution is 4.86. The lowest BCUT2D eigenvalue weighted by Gasteiger charge is -2.35. The van der Waals surface area contributed by atoms with Crippen LogP contribution in [0.5, 0.6) is 0 Å². The molecule has 0 amide bonds. The number of ether oxygens (including phenoxy) is 2. The fourth-order valence-corrected chi connectivity index (χ4v) is 1.22. The standard InChI is InChI=1S/C7H14O5/c1-11-5-3-12-4(2-8)6(9)7(5)10/h4-10H,2-3H2,1H3/t4-,5+,6+,7-/m0/s1. The van der Waals surface area contributed by atoms with E-state index in [0.29, 0.717) is 0 Å². The van der Waals surface area contributed by atoms with Gasteiger partial charge in [0.1, 0.15) is 24.4 Å². The van der Waals surface area contributed by atoms with Crippen LogP contribution < -0.4 is 0 Å². The minimum Gasteiger partial charge on any atom is -0.394 e. The molecule has 1 aliphatic heterocycles. The maximum absolute atomic E-state index is 9.37. The van der Waals surface area contributed by atoms with Gasteiger partial charge in [-0.1, -0.05) is 0 Å². The number of hydrogen-bond acceptors (Lipinski definition) is 5. The maximum atomic E-state index is 9.37. The van der Waals surface area contributed by atoms with E-state index in [1.807, 2.05) is 0 Å². The molecule has 5 nitrogen and oxygen atoms in total. The zero-order valence-electron chi connectivity index (χ0n) is 6.88. The molecular formula is C7H14O5. The van der Waals surface area contributed by atoms with Crippen molar-refractivity contribution in [2.75, 3.05) is 20.3 Å². The molecule has 3 N–H and O–H groups in total. The highest BCUT2D eigenvalue weighted by Gasteiger charge is 2.37. The second-order valence-corrected chi connectivity index (χ2v) is 2.81. The average Bonchev–Trinajstić information content (AvgIpc) is 2.10. The van der Waals surface area contributed by atoms with Crippen molar-refractivity contribution in [1.29, 1.82) is 0 Å². The molecule has 0 unspecified atom stereocenters. The molecule has 72 valence electrons. The van der Waals surface area contributed by atoms with Crippen LogP contribution in [0.25, 0.3) is 0 Å². The zero-order valence-corrected chi connectivity index (χ0v) is 6.88. The maximum Gasteiger partial charge on any atom is 0.111 e. The van der Waals surface area contributed by atoms with E-state index in [0.717, 1.165) is 0 Å². The van der Waals surface area contributed by atoms with E-state index in [4.69, 9.17) is 14.6 Å². The van der Waals surface area contributed by atoms with Gasteiger partial charge in [0.2, 0.25) is 0 Å². The van der Waals surface area contributed by atoms with E-state index in [1.165, 1.54) is 7.11 Å². The topological polar surface area (TPSA) is 79.2 Å². The summed E-state index contributed by atoms with van der Waals surface area (Å²) in [5, 5.41) is 27.4. The minimum atomic E-state index is -1.08. The van der Waals surface area contributed by atoms with Gasteiger partial charge >= 0.3 is 0 Å². The molecule has 1 heterocycles. The van der Waals surface area contributed by atoms with E-state index in [9.17, 15) is 10.2 Å². The molecule has 0 radical (unpaired) electrons. The lowest BCUT2D eigenvalue weighted by molar-refractivity contribution is -0.202. The highest BCUT2D eigenvalue weighted by Crippen LogP contribution is 2.16. The molecule has 1 aliphatic rings. The SMILES string of the molecule is CO[C@@H]1CO[C@@H](CO)[C@@H](O)[C@H]1O. The zero-order chi connectivity index (χ0) is 9.14. The second kappa shape index (κ2) is 4.15. The smallest absolute Gasteiger partial charge is 0.111 e. The first kappa shape index (κ1) is 9.88. The Bertz CT molecular complexity index is 124. The number of aliphatic hydroxyl groups is 3. The number of methoxy groups -OCH3 is 1. The third-order valence-electron chi connectivity index (χ3n) is 2.07. The molecule has 1 saturated heterocycles. The van der Waals surface area contributed by atoms with Gasteiger partial charge < -0.3 is 24.8 Å². The first-order chi connectivity index (χ1) is 5.70. The summed E-state index contributed by atoms with van der Waals surface area (Å²) in [6, 6.07) is 0. The fourth-order valence-electron chi connectivity index (χ4n) is 1.22. The number of hydrogen-bond donors (Lipinski definition) is 3. The van der Waals surface area contributed by atoms with Crippen LogP contribution in [-0.4, -0.2) is 60.1 Å². The summed E-state index contributed by atoms with van der Waals surface area (Å²) in [5.74, 6) is 0. The van der Waals surface area contributed by atoms with Gasteiger partial charge in [0.15, 0.2) is 0 Å². The average molecular weight is 178 g/mol. The molecule has 0 aromatic rings. The molecule has 1 fully saturated rings.